The Balaban J connectivity index is 1.88. The molecule has 0 aliphatic carbocycles. The van der Waals surface area contributed by atoms with Crippen molar-refractivity contribution >= 4 is 33.9 Å². The number of ether oxygens (including phenoxy) is 1. The highest BCUT2D eigenvalue weighted by Gasteiger charge is 2.18. The number of aromatic nitrogens is 1. The number of para-hydroxylation sites is 2. The maximum atomic E-state index is 14.1. The maximum Gasteiger partial charge on any atom is 0.146 e. The Bertz CT molecular complexity index is 1000. The Morgan fingerprint density at radius 3 is 2.67 bits per heavy atom. The lowest BCUT2D eigenvalue weighted by molar-refractivity contribution is -0.254. The van der Waals surface area contributed by atoms with E-state index in [0.717, 1.165) is 18.8 Å². The zero-order valence-electron chi connectivity index (χ0n) is 14.4. The summed E-state index contributed by atoms with van der Waals surface area (Å²) in [5.74, 6) is -1.85. The van der Waals surface area contributed by atoms with Gasteiger partial charge in [0.1, 0.15) is 5.82 Å². The fourth-order valence-electron chi connectivity index (χ4n) is 3.25. The van der Waals surface area contributed by atoms with Crippen molar-refractivity contribution in [3.63, 3.8) is 0 Å². The highest BCUT2D eigenvalue weighted by molar-refractivity contribution is 6.07. The monoisotopic (exact) mass is 366 g/mol. The van der Waals surface area contributed by atoms with Gasteiger partial charge in [0.15, 0.2) is 0 Å². The second kappa shape index (κ2) is 7.20. The van der Waals surface area contributed by atoms with Crippen LogP contribution in [-0.2, 0) is 4.74 Å². The third-order valence-electron chi connectivity index (χ3n) is 4.58. The number of nitrogens with one attached hydrogen (secondary N) is 1. The molecule has 1 saturated heterocycles. The first-order chi connectivity index (χ1) is 13.1. The summed E-state index contributed by atoms with van der Waals surface area (Å²) in [6, 6.07) is 11.6. The quantitative estimate of drug-likeness (QED) is 0.764. The van der Waals surface area contributed by atoms with Crippen LogP contribution in [0.4, 0.5) is 21.5 Å². The molecule has 4 rings (SSSR count). The van der Waals surface area contributed by atoms with Gasteiger partial charge < -0.3 is 24.9 Å². The fraction of sp³-hybridized carbons (Fsp3) is 0.200. The van der Waals surface area contributed by atoms with Crippen LogP contribution in [-0.4, -0.2) is 37.3 Å². The summed E-state index contributed by atoms with van der Waals surface area (Å²) < 4.78 is 19.5. The van der Waals surface area contributed by atoms with Gasteiger partial charge in [-0.3, -0.25) is 4.98 Å². The van der Waals surface area contributed by atoms with Crippen molar-refractivity contribution in [2.45, 2.75) is 0 Å². The van der Waals surface area contributed by atoms with E-state index in [2.05, 4.69) is 15.2 Å². The summed E-state index contributed by atoms with van der Waals surface area (Å²) in [5.41, 5.74) is 1.86. The molecule has 0 bridgehead atoms. The van der Waals surface area contributed by atoms with Crippen LogP contribution in [0.3, 0.4) is 0 Å². The number of carbonyl (C=O) groups excluding carboxylic acids is 1. The number of morpholine rings is 1. The van der Waals surface area contributed by atoms with E-state index in [-0.39, 0.29) is 16.9 Å². The molecule has 6 nitrogen and oxygen atoms in total. The van der Waals surface area contributed by atoms with E-state index in [0.29, 0.717) is 24.1 Å². The minimum Gasteiger partial charge on any atom is -0.545 e. The zero-order chi connectivity index (χ0) is 18.8. The minimum atomic E-state index is -1.37. The van der Waals surface area contributed by atoms with E-state index in [4.69, 9.17) is 4.74 Å². The van der Waals surface area contributed by atoms with Gasteiger partial charge in [-0.1, -0.05) is 24.3 Å². The number of rotatable bonds is 4. The first-order valence-electron chi connectivity index (χ1n) is 8.62. The lowest BCUT2D eigenvalue weighted by atomic mass is 10.1. The number of pyridine rings is 1. The molecule has 0 saturated carbocycles. The number of aromatic carboxylic acids is 1. The predicted molar refractivity (Wildman–Crippen MR) is 98.8 cm³/mol. The van der Waals surface area contributed by atoms with Crippen LogP contribution in [0.25, 0.3) is 10.9 Å². The second-order valence-corrected chi connectivity index (χ2v) is 6.21. The van der Waals surface area contributed by atoms with Crippen LogP contribution in [0.15, 0.2) is 48.7 Å². The minimum absolute atomic E-state index is 0.120. The summed E-state index contributed by atoms with van der Waals surface area (Å²) in [6.07, 6.45) is 1.25. The van der Waals surface area contributed by atoms with Gasteiger partial charge in [-0.25, -0.2) is 4.39 Å². The van der Waals surface area contributed by atoms with Crippen molar-refractivity contribution in [2.75, 3.05) is 36.5 Å². The molecule has 0 unspecified atom stereocenters. The van der Waals surface area contributed by atoms with E-state index in [1.54, 1.807) is 24.3 Å². The van der Waals surface area contributed by atoms with Gasteiger partial charge in [-0.15, -0.1) is 0 Å². The summed E-state index contributed by atoms with van der Waals surface area (Å²) in [7, 11) is 0. The molecule has 1 N–H and O–H groups in total. The van der Waals surface area contributed by atoms with Crippen molar-refractivity contribution in [2.24, 2.45) is 0 Å². The highest BCUT2D eigenvalue weighted by Crippen LogP contribution is 2.34. The highest BCUT2D eigenvalue weighted by atomic mass is 19.1. The molecule has 0 atom stereocenters. The number of carboxylic acid groups (broad SMARTS) is 1. The first kappa shape index (κ1) is 17.2. The number of fused-ring (bicyclic) bond motifs is 1. The summed E-state index contributed by atoms with van der Waals surface area (Å²) in [4.78, 5) is 18.1. The van der Waals surface area contributed by atoms with Gasteiger partial charge in [-0.2, -0.15) is 0 Å². The van der Waals surface area contributed by atoms with Crippen LogP contribution < -0.4 is 15.3 Å². The van der Waals surface area contributed by atoms with Crippen LogP contribution >= 0.6 is 0 Å². The van der Waals surface area contributed by atoms with Crippen molar-refractivity contribution in [1.29, 1.82) is 0 Å². The molecule has 0 spiro atoms. The molecule has 7 heteroatoms. The first-order valence-corrected chi connectivity index (χ1v) is 8.62. The number of hydrogen-bond acceptors (Lipinski definition) is 6. The van der Waals surface area contributed by atoms with Crippen LogP contribution in [0.1, 0.15) is 10.4 Å². The molecule has 138 valence electrons. The van der Waals surface area contributed by atoms with E-state index in [1.807, 2.05) is 12.1 Å². The Kier molecular flexibility index (Phi) is 4.60. The normalized spacial score (nSPS) is 14.3. The van der Waals surface area contributed by atoms with E-state index >= 15 is 0 Å². The molecule has 1 aromatic heterocycles. The summed E-state index contributed by atoms with van der Waals surface area (Å²) in [6.45, 7) is 2.68. The average Bonchev–Trinajstić information content (AvgIpc) is 2.70. The van der Waals surface area contributed by atoms with Gasteiger partial charge >= 0.3 is 0 Å². The topological polar surface area (TPSA) is 77.5 Å². The van der Waals surface area contributed by atoms with Crippen molar-refractivity contribution in [3.8, 4) is 0 Å². The Morgan fingerprint density at radius 2 is 1.93 bits per heavy atom. The molecule has 2 aromatic carbocycles. The molecule has 3 aromatic rings. The van der Waals surface area contributed by atoms with Crippen LogP contribution in [0, 0.1) is 5.82 Å². The lowest BCUT2D eigenvalue weighted by Gasteiger charge is -2.30. The van der Waals surface area contributed by atoms with Gasteiger partial charge in [0.05, 0.1) is 41.8 Å². The molecular formula is C20H17FN3O3-. The molecule has 0 amide bonds. The van der Waals surface area contributed by atoms with Gasteiger partial charge in [-0.05, 0) is 18.2 Å². The Morgan fingerprint density at radius 1 is 1.15 bits per heavy atom. The van der Waals surface area contributed by atoms with Crippen LogP contribution in [0.5, 0.6) is 0 Å². The molecule has 1 aliphatic rings. The number of hydrogen-bond donors (Lipinski definition) is 1. The summed E-state index contributed by atoms with van der Waals surface area (Å²) in [5, 5.41) is 15.1. The van der Waals surface area contributed by atoms with Crippen molar-refractivity contribution < 1.29 is 19.0 Å². The molecule has 27 heavy (non-hydrogen) atoms. The molecule has 1 aliphatic heterocycles. The molecule has 2 heterocycles. The number of benzene rings is 2. The molecule has 1 fully saturated rings. The number of halogens is 1. The Labute approximate surface area is 155 Å². The second-order valence-electron chi connectivity index (χ2n) is 6.21. The van der Waals surface area contributed by atoms with Crippen LogP contribution in [0.2, 0.25) is 0 Å². The maximum absolute atomic E-state index is 14.1. The SMILES string of the molecule is O=C([O-])c1cnc2c(N3CCOCC3)cccc2c1Nc1ccccc1F. The number of carbonyl (C=O) groups is 1. The van der Waals surface area contributed by atoms with Gasteiger partial charge in [0, 0.05) is 30.2 Å². The van der Waals surface area contributed by atoms with E-state index in [9.17, 15) is 14.3 Å². The van der Waals surface area contributed by atoms with Crippen molar-refractivity contribution in [1.82, 2.24) is 4.98 Å². The van der Waals surface area contributed by atoms with E-state index in [1.165, 1.54) is 12.3 Å². The third kappa shape index (κ3) is 3.29. The average molecular weight is 366 g/mol. The smallest absolute Gasteiger partial charge is 0.146 e. The standard InChI is InChI=1S/C20H18FN3O3/c21-15-5-1-2-6-16(15)23-18-13-4-3-7-17(24-8-10-27-11-9-24)19(13)22-12-14(18)20(25)26/h1-7,12H,8-11H2,(H,22,23)(H,25,26)/p-1. The van der Waals surface area contributed by atoms with Crippen molar-refractivity contribution in [3.05, 3.63) is 60.0 Å². The largest absolute Gasteiger partial charge is 0.545 e. The third-order valence-corrected chi connectivity index (χ3v) is 4.58. The lowest BCUT2D eigenvalue weighted by Crippen LogP contribution is -2.36. The fourth-order valence-corrected chi connectivity index (χ4v) is 3.25. The number of anilines is 3. The van der Waals surface area contributed by atoms with E-state index < -0.39 is 11.8 Å². The van der Waals surface area contributed by atoms with Gasteiger partial charge in [0.2, 0.25) is 0 Å². The number of nitrogens with zero attached hydrogens (tertiary/aromatic N) is 2. The summed E-state index contributed by atoms with van der Waals surface area (Å²) >= 11 is 0. The number of carboxylic acids is 1. The van der Waals surface area contributed by atoms with Gasteiger partial charge in [0.25, 0.3) is 0 Å². The Hall–Kier alpha value is -3.19. The molecular weight excluding hydrogens is 349 g/mol. The zero-order valence-corrected chi connectivity index (χ0v) is 14.4. The predicted octanol–water partition coefficient (Wildman–Crippen LogP) is 2.32. The molecule has 0 radical (unpaired) electrons.